The zero-order chi connectivity index (χ0) is 12.7. The van der Waals surface area contributed by atoms with Crippen molar-refractivity contribution in [1.82, 2.24) is 4.98 Å². The van der Waals surface area contributed by atoms with Crippen LogP contribution in [0.4, 0.5) is 4.39 Å². The Bertz CT molecular complexity index is 725. The van der Waals surface area contributed by atoms with Crippen molar-refractivity contribution in [2.24, 2.45) is 0 Å². The van der Waals surface area contributed by atoms with Gasteiger partial charge < -0.3 is 4.98 Å². The molecule has 2 aromatic carbocycles. The molecule has 0 atom stereocenters. The molecule has 0 unspecified atom stereocenters. The van der Waals surface area contributed by atoms with Crippen LogP contribution < -0.4 is 0 Å². The third-order valence-electron chi connectivity index (χ3n) is 3.25. The van der Waals surface area contributed by atoms with Crippen LogP contribution in [0.5, 0.6) is 0 Å². The van der Waals surface area contributed by atoms with Crippen LogP contribution >= 0.6 is 0 Å². The second-order valence-electron chi connectivity index (χ2n) is 4.73. The number of fused-ring (bicyclic) bond motifs is 1. The van der Waals surface area contributed by atoms with E-state index in [9.17, 15) is 4.39 Å². The molecule has 0 radical (unpaired) electrons. The Morgan fingerprint density at radius 2 is 1.78 bits per heavy atom. The first-order valence-electron chi connectivity index (χ1n) is 5.99. The van der Waals surface area contributed by atoms with Gasteiger partial charge in [0.25, 0.3) is 0 Å². The molecule has 0 aliphatic carbocycles. The standard InChI is InChI=1S/C16H14FN/c1-10-3-5-14(11(2)7-10)16-9-12-8-13(17)4-6-15(12)18-16/h3-9,18H,1-2H3. The second-order valence-corrected chi connectivity index (χ2v) is 4.73. The minimum absolute atomic E-state index is 0.200. The Morgan fingerprint density at radius 3 is 2.56 bits per heavy atom. The second kappa shape index (κ2) is 3.98. The van der Waals surface area contributed by atoms with Crippen LogP contribution in [0.25, 0.3) is 22.2 Å². The van der Waals surface area contributed by atoms with Gasteiger partial charge in [-0.1, -0.05) is 23.8 Å². The molecule has 0 fully saturated rings. The first-order chi connectivity index (χ1) is 8.63. The van der Waals surface area contributed by atoms with E-state index in [0.717, 1.165) is 22.2 Å². The van der Waals surface area contributed by atoms with E-state index in [-0.39, 0.29) is 5.82 Å². The molecule has 0 aliphatic rings. The van der Waals surface area contributed by atoms with E-state index < -0.39 is 0 Å². The van der Waals surface area contributed by atoms with E-state index in [2.05, 4.69) is 37.0 Å². The molecule has 1 N–H and O–H groups in total. The number of aryl methyl sites for hydroxylation is 2. The third kappa shape index (κ3) is 1.80. The summed E-state index contributed by atoms with van der Waals surface area (Å²) in [4.78, 5) is 3.33. The van der Waals surface area contributed by atoms with E-state index in [1.807, 2.05) is 6.07 Å². The molecule has 0 bridgehead atoms. The molecular formula is C16H14FN. The summed E-state index contributed by atoms with van der Waals surface area (Å²) in [6, 6.07) is 13.2. The molecule has 3 rings (SSSR count). The number of H-pyrrole nitrogens is 1. The van der Waals surface area contributed by atoms with Crippen molar-refractivity contribution < 1.29 is 4.39 Å². The van der Waals surface area contributed by atoms with Crippen molar-refractivity contribution in [2.75, 3.05) is 0 Å². The van der Waals surface area contributed by atoms with Crippen molar-refractivity contribution in [3.8, 4) is 11.3 Å². The summed E-state index contributed by atoms with van der Waals surface area (Å²) >= 11 is 0. The maximum absolute atomic E-state index is 13.2. The molecule has 0 saturated carbocycles. The van der Waals surface area contributed by atoms with Gasteiger partial charge in [0.1, 0.15) is 5.82 Å². The highest BCUT2D eigenvalue weighted by atomic mass is 19.1. The molecule has 1 heterocycles. The van der Waals surface area contributed by atoms with Gasteiger partial charge in [0.05, 0.1) is 0 Å². The van der Waals surface area contributed by atoms with Gasteiger partial charge in [-0.15, -0.1) is 0 Å². The Balaban J connectivity index is 2.19. The molecule has 90 valence electrons. The summed E-state index contributed by atoms with van der Waals surface area (Å²) in [5.74, 6) is -0.200. The molecule has 0 aliphatic heterocycles. The lowest BCUT2D eigenvalue weighted by Gasteiger charge is -2.04. The van der Waals surface area contributed by atoms with Crippen LogP contribution in [0.2, 0.25) is 0 Å². The maximum atomic E-state index is 13.2. The molecule has 3 aromatic rings. The lowest BCUT2D eigenvalue weighted by atomic mass is 10.0. The van der Waals surface area contributed by atoms with Gasteiger partial charge in [-0.2, -0.15) is 0 Å². The zero-order valence-corrected chi connectivity index (χ0v) is 10.4. The quantitative estimate of drug-likeness (QED) is 0.639. The minimum Gasteiger partial charge on any atom is -0.355 e. The molecule has 0 amide bonds. The van der Waals surface area contributed by atoms with Crippen LogP contribution in [0, 0.1) is 19.7 Å². The molecule has 2 heteroatoms. The largest absolute Gasteiger partial charge is 0.355 e. The first kappa shape index (κ1) is 11.0. The molecular weight excluding hydrogens is 225 g/mol. The van der Waals surface area contributed by atoms with Crippen LogP contribution in [-0.4, -0.2) is 4.98 Å². The molecule has 18 heavy (non-hydrogen) atoms. The number of aromatic nitrogens is 1. The predicted molar refractivity (Wildman–Crippen MR) is 73.2 cm³/mol. The number of benzene rings is 2. The fourth-order valence-corrected chi connectivity index (χ4v) is 2.36. The first-order valence-corrected chi connectivity index (χ1v) is 5.99. The van der Waals surface area contributed by atoms with Crippen LogP contribution in [-0.2, 0) is 0 Å². The maximum Gasteiger partial charge on any atom is 0.123 e. The van der Waals surface area contributed by atoms with Crippen molar-refractivity contribution in [3.63, 3.8) is 0 Å². The summed E-state index contributed by atoms with van der Waals surface area (Å²) in [5, 5.41) is 0.907. The van der Waals surface area contributed by atoms with Gasteiger partial charge in [0, 0.05) is 22.2 Å². The summed E-state index contributed by atoms with van der Waals surface area (Å²) in [7, 11) is 0. The highest BCUT2D eigenvalue weighted by Crippen LogP contribution is 2.27. The van der Waals surface area contributed by atoms with Gasteiger partial charge in [-0.3, -0.25) is 0 Å². The lowest BCUT2D eigenvalue weighted by Crippen LogP contribution is -1.84. The van der Waals surface area contributed by atoms with E-state index in [0.29, 0.717) is 0 Å². The fourth-order valence-electron chi connectivity index (χ4n) is 2.36. The van der Waals surface area contributed by atoms with Gasteiger partial charge in [-0.05, 0) is 43.7 Å². The summed E-state index contributed by atoms with van der Waals surface area (Å²) in [6.07, 6.45) is 0. The Labute approximate surface area is 105 Å². The van der Waals surface area contributed by atoms with Crippen molar-refractivity contribution in [3.05, 3.63) is 59.4 Å². The monoisotopic (exact) mass is 239 g/mol. The lowest BCUT2D eigenvalue weighted by molar-refractivity contribution is 0.630. The summed E-state index contributed by atoms with van der Waals surface area (Å²) in [6.45, 7) is 4.17. The normalized spacial score (nSPS) is 11.1. The SMILES string of the molecule is Cc1ccc(-c2cc3cc(F)ccc3[nH]2)c(C)c1. The molecule has 1 nitrogen and oxygen atoms in total. The number of nitrogens with one attached hydrogen (secondary N) is 1. The van der Waals surface area contributed by atoms with Crippen LogP contribution in [0.1, 0.15) is 11.1 Å². The zero-order valence-electron chi connectivity index (χ0n) is 10.4. The highest BCUT2D eigenvalue weighted by Gasteiger charge is 2.06. The Morgan fingerprint density at radius 1 is 0.944 bits per heavy atom. The smallest absolute Gasteiger partial charge is 0.123 e. The van der Waals surface area contributed by atoms with Crippen LogP contribution in [0.3, 0.4) is 0 Å². The molecule has 0 spiro atoms. The fraction of sp³-hybridized carbons (Fsp3) is 0.125. The van der Waals surface area contributed by atoms with E-state index in [1.54, 1.807) is 12.1 Å². The van der Waals surface area contributed by atoms with Gasteiger partial charge in [0.15, 0.2) is 0 Å². The number of hydrogen-bond acceptors (Lipinski definition) is 0. The van der Waals surface area contributed by atoms with Crippen LogP contribution in [0.15, 0.2) is 42.5 Å². The van der Waals surface area contributed by atoms with Crippen molar-refractivity contribution in [2.45, 2.75) is 13.8 Å². The minimum atomic E-state index is -0.200. The van der Waals surface area contributed by atoms with Gasteiger partial charge in [0.2, 0.25) is 0 Å². The average Bonchev–Trinajstić information content (AvgIpc) is 2.71. The molecule has 1 aromatic heterocycles. The van der Waals surface area contributed by atoms with E-state index >= 15 is 0 Å². The molecule has 0 saturated heterocycles. The number of rotatable bonds is 1. The number of halogens is 1. The summed E-state index contributed by atoms with van der Waals surface area (Å²) < 4.78 is 13.2. The Kier molecular flexibility index (Phi) is 2.44. The topological polar surface area (TPSA) is 15.8 Å². The number of aromatic amines is 1. The van der Waals surface area contributed by atoms with Crippen molar-refractivity contribution in [1.29, 1.82) is 0 Å². The van der Waals surface area contributed by atoms with Crippen molar-refractivity contribution >= 4 is 10.9 Å². The highest BCUT2D eigenvalue weighted by molar-refractivity contribution is 5.86. The van der Waals surface area contributed by atoms with Gasteiger partial charge >= 0.3 is 0 Å². The summed E-state index contributed by atoms with van der Waals surface area (Å²) in [5.41, 5.74) is 5.64. The van der Waals surface area contributed by atoms with E-state index in [4.69, 9.17) is 0 Å². The van der Waals surface area contributed by atoms with Gasteiger partial charge in [-0.25, -0.2) is 4.39 Å². The predicted octanol–water partition coefficient (Wildman–Crippen LogP) is 4.59. The number of hydrogen-bond donors (Lipinski definition) is 1. The van der Waals surface area contributed by atoms with E-state index in [1.165, 1.54) is 17.2 Å². The average molecular weight is 239 g/mol. The third-order valence-corrected chi connectivity index (χ3v) is 3.25. The Hall–Kier alpha value is -2.09.